The Hall–Kier alpha value is -1.10. The first-order chi connectivity index (χ1) is 6.65. The molecule has 5 heteroatoms. The van der Waals surface area contributed by atoms with Gasteiger partial charge in [0, 0.05) is 13.6 Å². The molecule has 5 nitrogen and oxygen atoms in total. The first-order valence-electron chi connectivity index (χ1n) is 4.84. The number of carbonyl (C=O) groups is 2. The highest BCUT2D eigenvalue weighted by Crippen LogP contribution is 1.88. The predicted octanol–water partition coefficient (Wildman–Crippen LogP) is -0.810. The molecule has 82 valence electrons. The molecule has 0 unspecified atom stereocenters. The summed E-state index contributed by atoms with van der Waals surface area (Å²) in [6.45, 7) is 5.52. The maximum atomic E-state index is 11.5. The molecule has 0 aliphatic rings. The molecular formula is C9H19N3O2. The van der Waals surface area contributed by atoms with Gasteiger partial charge in [0.25, 0.3) is 0 Å². The van der Waals surface area contributed by atoms with Crippen LogP contribution in [0.25, 0.3) is 0 Å². The van der Waals surface area contributed by atoms with Gasteiger partial charge in [0.1, 0.15) is 0 Å². The molecule has 0 bridgehead atoms. The summed E-state index contributed by atoms with van der Waals surface area (Å²) in [5.41, 5.74) is 0. The molecule has 0 heterocycles. The molecule has 0 aromatic heterocycles. The van der Waals surface area contributed by atoms with Gasteiger partial charge in [-0.2, -0.15) is 0 Å². The molecule has 14 heavy (non-hydrogen) atoms. The number of amides is 2. The third-order valence-electron chi connectivity index (χ3n) is 1.87. The topological polar surface area (TPSA) is 61.4 Å². The smallest absolute Gasteiger partial charge is 0.239 e. The Morgan fingerprint density at radius 3 is 2.36 bits per heavy atom. The van der Waals surface area contributed by atoms with Crippen LogP contribution in [0.4, 0.5) is 0 Å². The molecule has 0 aromatic rings. The number of likely N-dealkylation sites (N-methyl/N-ethyl adjacent to an activating group) is 3. The zero-order valence-electron chi connectivity index (χ0n) is 9.09. The molecule has 0 atom stereocenters. The van der Waals surface area contributed by atoms with E-state index in [-0.39, 0.29) is 18.4 Å². The van der Waals surface area contributed by atoms with Crippen molar-refractivity contribution in [3.8, 4) is 0 Å². The van der Waals surface area contributed by atoms with Crippen molar-refractivity contribution in [3.05, 3.63) is 0 Å². The van der Waals surface area contributed by atoms with E-state index in [9.17, 15) is 9.59 Å². The van der Waals surface area contributed by atoms with Gasteiger partial charge in [0.05, 0.1) is 13.1 Å². The van der Waals surface area contributed by atoms with E-state index in [0.717, 1.165) is 6.54 Å². The lowest BCUT2D eigenvalue weighted by Gasteiger charge is -2.19. The second-order valence-corrected chi connectivity index (χ2v) is 2.86. The van der Waals surface area contributed by atoms with Gasteiger partial charge in [-0.25, -0.2) is 0 Å². The van der Waals surface area contributed by atoms with Gasteiger partial charge >= 0.3 is 0 Å². The summed E-state index contributed by atoms with van der Waals surface area (Å²) < 4.78 is 0. The average Bonchev–Trinajstić information content (AvgIpc) is 2.21. The zero-order valence-corrected chi connectivity index (χ0v) is 9.09. The van der Waals surface area contributed by atoms with E-state index < -0.39 is 0 Å². The van der Waals surface area contributed by atoms with E-state index in [1.807, 2.05) is 13.8 Å². The van der Waals surface area contributed by atoms with Crippen LogP contribution in [0.15, 0.2) is 0 Å². The van der Waals surface area contributed by atoms with E-state index in [2.05, 4.69) is 10.6 Å². The highest BCUT2D eigenvalue weighted by molar-refractivity contribution is 5.85. The van der Waals surface area contributed by atoms with Crippen molar-refractivity contribution < 1.29 is 9.59 Å². The summed E-state index contributed by atoms with van der Waals surface area (Å²) in [5, 5.41) is 5.42. The number of hydrogen-bond donors (Lipinski definition) is 2. The summed E-state index contributed by atoms with van der Waals surface area (Å²) in [4.78, 5) is 24.0. The minimum Gasteiger partial charge on any atom is -0.358 e. The number of nitrogens with zero attached hydrogens (tertiary/aromatic N) is 1. The predicted molar refractivity (Wildman–Crippen MR) is 54.9 cm³/mol. The van der Waals surface area contributed by atoms with Crippen LogP contribution in [0.1, 0.15) is 13.8 Å². The third-order valence-corrected chi connectivity index (χ3v) is 1.87. The van der Waals surface area contributed by atoms with E-state index in [1.165, 1.54) is 4.90 Å². The maximum absolute atomic E-state index is 11.5. The van der Waals surface area contributed by atoms with Crippen LogP contribution in [-0.4, -0.2) is 49.9 Å². The normalized spacial score (nSPS) is 9.64. The Balaban J connectivity index is 3.98. The van der Waals surface area contributed by atoms with Crippen LogP contribution in [0, 0.1) is 0 Å². The van der Waals surface area contributed by atoms with Crippen molar-refractivity contribution in [2.75, 3.05) is 33.2 Å². The molecule has 0 rings (SSSR count). The number of hydrogen-bond acceptors (Lipinski definition) is 3. The fourth-order valence-corrected chi connectivity index (χ4v) is 0.972. The van der Waals surface area contributed by atoms with Crippen LogP contribution in [0.5, 0.6) is 0 Å². The second kappa shape index (κ2) is 7.32. The van der Waals surface area contributed by atoms with Crippen molar-refractivity contribution >= 4 is 11.8 Å². The fourth-order valence-electron chi connectivity index (χ4n) is 0.972. The Bertz CT molecular complexity index is 194. The molecule has 0 aliphatic heterocycles. The van der Waals surface area contributed by atoms with Crippen LogP contribution in [-0.2, 0) is 9.59 Å². The molecule has 2 amide bonds. The first-order valence-corrected chi connectivity index (χ1v) is 4.84. The molecule has 0 aliphatic carbocycles. The molecule has 0 aromatic carbocycles. The largest absolute Gasteiger partial charge is 0.358 e. The minimum atomic E-state index is -0.142. The standard InChI is InChI=1S/C9H19N3O2/c1-4-11-6-9(14)12(5-2)7-8(13)10-3/h11H,4-7H2,1-3H3,(H,10,13). The summed E-state index contributed by atoms with van der Waals surface area (Å²) in [6.07, 6.45) is 0. The summed E-state index contributed by atoms with van der Waals surface area (Å²) in [6, 6.07) is 0. The third kappa shape index (κ3) is 4.81. The minimum absolute atomic E-state index is 0.0436. The Kier molecular flexibility index (Phi) is 6.74. The highest BCUT2D eigenvalue weighted by Gasteiger charge is 2.13. The molecule has 0 saturated carbocycles. The van der Waals surface area contributed by atoms with E-state index in [1.54, 1.807) is 7.05 Å². The van der Waals surface area contributed by atoms with Crippen LogP contribution in [0.3, 0.4) is 0 Å². The number of nitrogens with one attached hydrogen (secondary N) is 2. The molecule has 2 N–H and O–H groups in total. The van der Waals surface area contributed by atoms with Crippen LogP contribution in [0.2, 0.25) is 0 Å². The molecule has 0 saturated heterocycles. The average molecular weight is 201 g/mol. The van der Waals surface area contributed by atoms with E-state index in [0.29, 0.717) is 13.1 Å². The van der Waals surface area contributed by atoms with Crippen LogP contribution < -0.4 is 10.6 Å². The zero-order chi connectivity index (χ0) is 11.0. The second-order valence-electron chi connectivity index (χ2n) is 2.86. The Morgan fingerprint density at radius 2 is 1.93 bits per heavy atom. The Labute approximate surface area is 84.8 Å². The van der Waals surface area contributed by atoms with Gasteiger partial charge in [0.2, 0.25) is 11.8 Å². The maximum Gasteiger partial charge on any atom is 0.239 e. The van der Waals surface area contributed by atoms with Gasteiger partial charge in [-0.15, -0.1) is 0 Å². The quantitative estimate of drug-likeness (QED) is 0.591. The van der Waals surface area contributed by atoms with Crippen molar-refractivity contribution in [2.24, 2.45) is 0 Å². The monoisotopic (exact) mass is 201 g/mol. The van der Waals surface area contributed by atoms with Gasteiger partial charge in [-0.3, -0.25) is 9.59 Å². The summed E-state index contributed by atoms with van der Waals surface area (Å²) in [5.74, 6) is -0.186. The van der Waals surface area contributed by atoms with Crippen molar-refractivity contribution in [3.63, 3.8) is 0 Å². The summed E-state index contributed by atoms with van der Waals surface area (Å²) in [7, 11) is 1.56. The molecular weight excluding hydrogens is 182 g/mol. The van der Waals surface area contributed by atoms with Crippen LogP contribution >= 0.6 is 0 Å². The molecule has 0 radical (unpaired) electrons. The first kappa shape index (κ1) is 12.9. The van der Waals surface area contributed by atoms with E-state index in [4.69, 9.17) is 0 Å². The molecule has 0 spiro atoms. The van der Waals surface area contributed by atoms with Gasteiger partial charge in [-0.1, -0.05) is 6.92 Å². The van der Waals surface area contributed by atoms with Crippen molar-refractivity contribution in [1.29, 1.82) is 0 Å². The van der Waals surface area contributed by atoms with Gasteiger partial charge in [-0.05, 0) is 13.5 Å². The SMILES string of the molecule is CCNCC(=O)N(CC)CC(=O)NC. The number of carbonyl (C=O) groups excluding carboxylic acids is 2. The van der Waals surface area contributed by atoms with E-state index >= 15 is 0 Å². The summed E-state index contributed by atoms with van der Waals surface area (Å²) >= 11 is 0. The van der Waals surface area contributed by atoms with Gasteiger partial charge < -0.3 is 15.5 Å². The lowest BCUT2D eigenvalue weighted by Crippen LogP contribution is -2.43. The van der Waals surface area contributed by atoms with Crippen molar-refractivity contribution in [1.82, 2.24) is 15.5 Å². The van der Waals surface area contributed by atoms with Gasteiger partial charge in [0.15, 0.2) is 0 Å². The highest BCUT2D eigenvalue weighted by atomic mass is 16.2. The lowest BCUT2D eigenvalue weighted by molar-refractivity contribution is -0.134. The Morgan fingerprint density at radius 1 is 1.29 bits per heavy atom. The number of rotatable bonds is 6. The van der Waals surface area contributed by atoms with Crippen molar-refractivity contribution in [2.45, 2.75) is 13.8 Å². The lowest BCUT2D eigenvalue weighted by atomic mass is 10.4. The molecule has 0 fully saturated rings. The fraction of sp³-hybridized carbons (Fsp3) is 0.778.